The van der Waals surface area contributed by atoms with Gasteiger partial charge in [0.25, 0.3) is 15.9 Å². The van der Waals surface area contributed by atoms with Gasteiger partial charge >= 0.3 is 0 Å². The fourth-order valence-electron chi connectivity index (χ4n) is 3.09. The number of hydrogen-bond acceptors (Lipinski definition) is 4. The number of halogens is 2. The van der Waals surface area contributed by atoms with Crippen LogP contribution in [0.2, 0.25) is 10.0 Å². The van der Waals surface area contributed by atoms with Crippen molar-refractivity contribution in [1.29, 1.82) is 0 Å². The number of carbonyl (C=O) groups is 1. The average molecular weight is 507 g/mol. The van der Waals surface area contributed by atoms with E-state index in [1.54, 1.807) is 0 Å². The second-order valence-corrected chi connectivity index (χ2v) is 10.0. The van der Waals surface area contributed by atoms with E-state index in [1.807, 2.05) is 39.0 Å². The number of benzene rings is 3. The maximum Gasteiger partial charge on any atom is 0.265 e. The molecule has 0 saturated heterocycles. The predicted octanol–water partition coefficient (Wildman–Crippen LogP) is 6.21. The standard InChI is InChI=1S/C24H24Cl2N2O4S/c1-4-22(32-23-7-5-6-15(2)16(23)3)24(29)27-19-8-10-21(11-9-19)33(30,31)28-20-13-17(25)12-18(26)14-20/h5-14,22,28H,4H2,1-3H3,(H,27,29)/t22-/m0/s1. The van der Waals surface area contributed by atoms with Crippen LogP contribution in [-0.2, 0) is 14.8 Å². The number of hydrogen-bond donors (Lipinski definition) is 2. The minimum Gasteiger partial charge on any atom is -0.480 e. The van der Waals surface area contributed by atoms with Gasteiger partial charge < -0.3 is 10.1 Å². The largest absolute Gasteiger partial charge is 0.480 e. The van der Waals surface area contributed by atoms with E-state index >= 15 is 0 Å². The van der Waals surface area contributed by atoms with Crippen LogP contribution in [0.5, 0.6) is 5.75 Å². The zero-order valence-corrected chi connectivity index (χ0v) is 20.7. The molecule has 2 N–H and O–H groups in total. The van der Waals surface area contributed by atoms with Crippen molar-refractivity contribution >= 4 is 50.5 Å². The van der Waals surface area contributed by atoms with E-state index in [1.165, 1.54) is 42.5 Å². The van der Waals surface area contributed by atoms with Crippen LogP contribution in [-0.4, -0.2) is 20.4 Å². The molecule has 0 heterocycles. The highest BCUT2D eigenvalue weighted by atomic mass is 35.5. The van der Waals surface area contributed by atoms with E-state index < -0.39 is 16.1 Å². The number of amides is 1. The number of anilines is 2. The van der Waals surface area contributed by atoms with Gasteiger partial charge in [-0.05, 0) is 79.9 Å². The highest BCUT2D eigenvalue weighted by Gasteiger charge is 2.20. The molecule has 0 bridgehead atoms. The van der Waals surface area contributed by atoms with Gasteiger partial charge in [-0.1, -0.05) is 42.3 Å². The van der Waals surface area contributed by atoms with Crippen molar-refractivity contribution < 1.29 is 17.9 Å². The number of rotatable bonds is 8. The van der Waals surface area contributed by atoms with Crippen LogP contribution in [0.25, 0.3) is 0 Å². The molecular formula is C24H24Cl2N2O4S. The van der Waals surface area contributed by atoms with Crippen molar-refractivity contribution in [3.8, 4) is 5.75 Å². The second kappa shape index (κ2) is 10.5. The van der Waals surface area contributed by atoms with Gasteiger partial charge in [0.05, 0.1) is 10.6 Å². The first-order chi connectivity index (χ1) is 15.6. The Kier molecular flexibility index (Phi) is 7.89. The quantitative estimate of drug-likeness (QED) is 0.380. The third kappa shape index (κ3) is 6.41. The molecule has 1 atom stereocenters. The molecule has 1 amide bonds. The Morgan fingerprint density at radius 1 is 0.970 bits per heavy atom. The lowest BCUT2D eigenvalue weighted by Gasteiger charge is -2.19. The Morgan fingerprint density at radius 2 is 1.61 bits per heavy atom. The van der Waals surface area contributed by atoms with Crippen molar-refractivity contribution in [1.82, 2.24) is 0 Å². The lowest BCUT2D eigenvalue weighted by Crippen LogP contribution is -2.32. The fraction of sp³-hybridized carbons (Fsp3) is 0.208. The first-order valence-corrected chi connectivity index (χ1v) is 12.5. The highest BCUT2D eigenvalue weighted by Crippen LogP contribution is 2.26. The molecular weight excluding hydrogens is 483 g/mol. The summed E-state index contributed by atoms with van der Waals surface area (Å²) in [6.07, 6.45) is -0.221. The summed E-state index contributed by atoms with van der Waals surface area (Å²) in [5.41, 5.74) is 2.76. The first-order valence-electron chi connectivity index (χ1n) is 10.2. The third-order valence-electron chi connectivity index (χ3n) is 5.03. The Bertz CT molecular complexity index is 1240. The number of ether oxygens (including phenoxy) is 1. The van der Waals surface area contributed by atoms with Gasteiger partial charge in [-0.15, -0.1) is 0 Å². The molecule has 0 aromatic heterocycles. The van der Waals surface area contributed by atoms with Gasteiger partial charge in [0, 0.05) is 15.7 Å². The zero-order valence-electron chi connectivity index (χ0n) is 18.4. The van der Waals surface area contributed by atoms with E-state index in [0.29, 0.717) is 27.9 Å². The first kappa shape index (κ1) is 24.9. The Morgan fingerprint density at radius 3 is 2.21 bits per heavy atom. The van der Waals surface area contributed by atoms with E-state index in [-0.39, 0.29) is 16.5 Å². The SMILES string of the molecule is CC[C@H](Oc1cccc(C)c1C)C(=O)Nc1ccc(S(=O)(=O)Nc2cc(Cl)cc(Cl)c2)cc1. The lowest BCUT2D eigenvalue weighted by molar-refractivity contribution is -0.122. The molecule has 3 aromatic rings. The van der Waals surface area contributed by atoms with Crippen LogP contribution < -0.4 is 14.8 Å². The van der Waals surface area contributed by atoms with Gasteiger partial charge in [0.1, 0.15) is 5.75 Å². The maximum atomic E-state index is 12.7. The van der Waals surface area contributed by atoms with Gasteiger partial charge in [0.2, 0.25) is 0 Å². The zero-order chi connectivity index (χ0) is 24.2. The predicted molar refractivity (Wildman–Crippen MR) is 133 cm³/mol. The van der Waals surface area contributed by atoms with Crippen LogP contribution >= 0.6 is 23.2 Å². The molecule has 0 radical (unpaired) electrons. The summed E-state index contributed by atoms with van der Waals surface area (Å²) in [5, 5.41) is 3.40. The van der Waals surface area contributed by atoms with Crippen molar-refractivity contribution in [3.63, 3.8) is 0 Å². The van der Waals surface area contributed by atoms with Gasteiger partial charge in [-0.25, -0.2) is 8.42 Å². The molecule has 174 valence electrons. The van der Waals surface area contributed by atoms with E-state index in [2.05, 4.69) is 10.0 Å². The summed E-state index contributed by atoms with van der Waals surface area (Å²) in [4.78, 5) is 12.8. The molecule has 0 unspecified atom stereocenters. The van der Waals surface area contributed by atoms with Crippen LogP contribution in [0.15, 0.2) is 65.6 Å². The van der Waals surface area contributed by atoms with Crippen molar-refractivity contribution in [2.45, 2.75) is 38.2 Å². The maximum absolute atomic E-state index is 12.7. The average Bonchev–Trinajstić information content (AvgIpc) is 2.74. The van der Waals surface area contributed by atoms with Crippen LogP contribution in [0.4, 0.5) is 11.4 Å². The van der Waals surface area contributed by atoms with E-state index in [9.17, 15) is 13.2 Å². The minimum absolute atomic E-state index is 0.0234. The smallest absolute Gasteiger partial charge is 0.265 e. The fourth-order valence-corrected chi connectivity index (χ4v) is 4.66. The molecule has 0 aliphatic carbocycles. The summed E-state index contributed by atoms with van der Waals surface area (Å²) in [6, 6.07) is 15.9. The minimum atomic E-state index is -3.87. The highest BCUT2D eigenvalue weighted by molar-refractivity contribution is 7.92. The lowest BCUT2D eigenvalue weighted by atomic mass is 10.1. The molecule has 3 rings (SSSR count). The number of aryl methyl sites for hydroxylation is 1. The van der Waals surface area contributed by atoms with Gasteiger partial charge in [-0.2, -0.15) is 0 Å². The molecule has 0 aliphatic rings. The van der Waals surface area contributed by atoms with Crippen LogP contribution in [0.3, 0.4) is 0 Å². The number of carbonyl (C=O) groups excluding carboxylic acids is 1. The molecule has 0 aliphatic heterocycles. The number of sulfonamides is 1. The molecule has 0 fully saturated rings. The Labute approximate surface area is 203 Å². The summed E-state index contributed by atoms with van der Waals surface area (Å²) in [7, 11) is -3.87. The molecule has 6 nitrogen and oxygen atoms in total. The molecule has 9 heteroatoms. The molecule has 0 spiro atoms. The summed E-state index contributed by atoms with van der Waals surface area (Å²) < 4.78 is 33.7. The molecule has 3 aromatic carbocycles. The van der Waals surface area contributed by atoms with Gasteiger partial charge in [-0.3, -0.25) is 9.52 Å². The Hall–Kier alpha value is -2.74. The van der Waals surface area contributed by atoms with Gasteiger partial charge in [0.15, 0.2) is 6.10 Å². The molecule has 33 heavy (non-hydrogen) atoms. The molecule has 0 saturated carbocycles. The van der Waals surface area contributed by atoms with Crippen LogP contribution in [0.1, 0.15) is 24.5 Å². The normalized spacial score (nSPS) is 12.2. The summed E-state index contributed by atoms with van der Waals surface area (Å²) in [5.74, 6) is 0.339. The summed E-state index contributed by atoms with van der Waals surface area (Å²) in [6.45, 7) is 5.79. The van der Waals surface area contributed by atoms with E-state index in [0.717, 1.165) is 11.1 Å². The van der Waals surface area contributed by atoms with Crippen LogP contribution in [0, 0.1) is 13.8 Å². The monoisotopic (exact) mass is 506 g/mol. The van der Waals surface area contributed by atoms with Crippen molar-refractivity contribution in [2.75, 3.05) is 10.0 Å². The topological polar surface area (TPSA) is 84.5 Å². The number of nitrogens with one attached hydrogen (secondary N) is 2. The van der Waals surface area contributed by atoms with Crippen molar-refractivity contribution in [2.24, 2.45) is 0 Å². The summed E-state index contributed by atoms with van der Waals surface area (Å²) >= 11 is 11.9. The van der Waals surface area contributed by atoms with E-state index in [4.69, 9.17) is 27.9 Å². The second-order valence-electron chi connectivity index (χ2n) is 7.49. The third-order valence-corrected chi connectivity index (χ3v) is 6.87. The van der Waals surface area contributed by atoms with Crippen molar-refractivity contribution in [3.05, 3.63) is 81.8 Å². The Balaban J connectivity index is 1.69.